The molecule has 2 N–H and O–H groups in total. The van der Waals surface area contributed by atoms with Crippen molar-refractivity contribution in [3.63, 3.8) is 0 Å². The van der Waals surface area contributed by atoms with Gasteiger partial charge in [0.25, 0.3) is 0 Å². The Labute approximate surface area is 146 Å². The minimum Gasteiger partial charge on any atom is -0.355 e. The van der Waals surface area contributed by atoms with Crippen LogP contribution in [-0.4, -0.2) is 27.3 Å². The summed E-state index contributed by atoms with van der Waals surface area (Å²) in [7, 11) is 0. The van der Waals surface area contributed by atoms with Crippen LogP contribution in [0.15, 0.2) is 54.9 Å². The summed E-state index contributed by atoms with van der Waals surface area (Å²) in [6.07, 6.45) is 4.43. The zero-order valence-corrected chi connectivity index (χ0v) is 14.1. The molecule has 1 amide bonds. The van der Waals surface area contributed by atoms with Crippen LogP contribution in [0.3, 0.4) is 0 Å². The summed E-state index contributed by atoms with van der Waals surface area (Å²) in [4.78, 5) is 21.3. The number of nitrogens with zero attached hydrogens (tertiary/aromatic N) is 2. The third-order valence-corrected chi connectivity index (χ3v) is 4.63. The van der Waals surface area contributed by atoms with Gasteiger partial charge in [0.05, 0.1) is 17.9 Å². The van der Waals surface area contributed by atoms with Gasteiger partial charge >= 0.3 is 0 Å². The van der Waals surface area contributed by atoms with Crippen molar-refractivity contribution in [1.82, 2.24) is 14.9 Å². The van der Waals surface area contributed by atoms with E-state index in [-0.39, 0.29) is 5.91 Å². The molecule has 3 aromatic rings. The molecule has 1 aromatic carbocycles. The second-order valence-corrected chi connectivity index (χ2v) is 6.25. The number of hydrogen-bond acceptors (Lipinski definition) is 3. The van der Waals surface area contributed by atoms with Crippen LogP contribution >= 0.6 is 0 Å². The fourth-order valence-corrected chi connectivity index (χ4v) is 3.33. The van der Waals surface area contributed by atoms with E-state index in [9.17, 15) is 4.79 Å². The van der Waals surface area contributed by atoms with E-state index in [2.05, 4.69) is 27.4 Å². The largest absolute Gasteiger partial charge is 0.355 e. The Morgan fingerprint density at radius 3 is 2.64 bits per heavy atom. The summed E-state index contributed by atoms with van der Waals surface area (Å²) in [5, 5.41) is 3.57. The van der Waals surface area contributed by atoms with E-state index in [0.29, 0.717) is 6.54 Å². The average Bonchev–Trinajstić information content (AvgIpc) is 3.01. The molecular formula is C20H20N4O. The first-order valence-electron chi connectivity index (χ1n) is 8.44. The highest BCUT2D eigenvalue weighted by molar-refractivity contribution is 5.83. The van der Waals surface area contributed by atoms with Crippen molar-refractivity contribution < 1.29 is 4.79 Å². The number of anilines is 2. The predicted octanol–water partition coefficient (Wildman–Crippen LogP) is 3.72. The quantitative estimate of drug-likeness (QED) is 0.768. The molecule has 0 saturated heterocycles. The maximum atomic E-state index is 11.7. The van der Waals surface area contributed by atoms with Crippen molar-refractivity contribution in [2.75, 3.05) is 11.9 Å². The van der Waals surface area contributed by atoms with Gasteiger partial charge in [0.1, 0.15) is 0 Å². The van der Waals surface area contributed by atoms with E-state index in [1.54, 1.807) is 19.3 Å². The van der Waals surface area contributed by atoms with Gasteiger partial charge in [-0.25, -0.2) is 0 Å². The van der Waals surface area contributed by atoms with Crippen molar-refractivity contribution in [3.8, 4) is 11.3 Å². The number of aromatic amines is 1. The molecule has 25 heavy (non-hydrogen) atoms. The first-order valence-corrected chi connectivity index (χ1v) is 8.44. The molecule has 1 aliphatic rings. The van der Waals surface area contributed by atoms with Crippen molar-refractivity contribution >= 4 is 17.3 Å². The second-order valence-electron chi connectivity index (χ2n) is 6.25. The van der Waals surface area contributed by atoms with E-state index < -0.39 is 0 Å². The standard InChI is InChI=1S/C20H20N4O/c1-14(25)24-12-9-17-18(13-24)23-19(15-7-10-21-11-8-15)20(17)22-16-5-3-2-4-6-16/h2-8,10-11,22-23H,9,12-13H2,1H3. The van der Waals surface area contributed by atoms with Gasteiger partial charge in [0.2, 0.25) is 5.91 Å². The normalized spacial score (nSPS) is 13.4. The van der Waals surface area contributed by atoms with Crippen molar-refractivity contribution in [2.45, 2.75) is 19.9 Å². The number of pyridine rings is 1. The number of hydrogen-bond donors (Lipinski definition) is 2. The average molecular weight is 332 g/mol. The fourth-order valence-electron chi connectivity index (χ4n) is 3.33. The molecule has 0 radical (unpaired) electrons. The maximum Gasteiger partial charge on any atom is 0.219 e. The van der Waals surface area contributed by atoms with Crippen LogP contribution in [-0.2, 0) is 17.8 Å². The van der Waals surface area contributed by atoms with Gasteiger partial charge < -0.3 is 15.2 Å². The Bertz CT molecular complexity index is 887. The topological polar surface area (TPSA) is 61.0 Å². The van der Waals surface area contributed by atoms with E-state index in [4.69, 9.17) is 0 Å². The lowest BCUT2D eigenvalue weighted by molar-refractivity contribution is -0.129. The zero-order valence-electron chi connectivity index (χ0n) is 14.1. The number of carbonyl (C=O) groups is 1. The maximum absolute atomic E-state index is 11.7. The molecule has 0 bridgehead atoms. The molecule has 5 heteroatoms. The molecule has 2 aromatic heterocycles. The summed E-state index contributed by atoms with van der Waals surface area (Å²) < 4.78 is 0. The third kappa shape index (κ3) is 3.01. The summed E-state index contributed by atoms with van der Waals surface area (Å²) in [6, 6.07) is 14.1. The number of rotatable bonds is 3. The Kier molecular flexibility index (Phi) is 3.98. The number of benzene rings is 1. The minimum atomic E-state index is 0.114. The molecule has 0 unspecified atom stereocenters. The van der Waals surface area contributed by atoms with Crippen LogP contribution < -0.4 is 5.32 Å². The third-order valence-electron chi connectivity index (χ3n) is 4.63. The number of carbonyl (C=O) groups excluding carboxylic acids is 1. The van der Waals surface area contributed by atoms with Gasteiger partial charge in [-0.05, 0) is 30.7 Å². The Hall–Kier alpha value is -3.08. The lowest BCUT2D eigenvalue weighted by Crippen LogP contribution is -2.34. The van der Waals surface area contributed by atoms with Crippen molar-refractivity contribution in [3.05, 3.63) is 66.1 Å². The van der Waals surface area contributed by atoms with Crippen LogP contribution in [0.25, 0.3) is 11.3 Å². The highest BCUT2D eigenvalue weighted by Crippen LogP contribution is 2.37. The van der Waals surface area contributed by atoms with Crippen LogP contribution in [0.5, 0.6) is 0 Å². The molecule has 4 rings (SSSR count). The SMILES string of the molecule is CC(=O)N1CCc2c([nH]c(-c3ccncc3)c2Nc2ccccc2)C1. The predicted molar refractivity (Wildman–Crippen MR) is 98.5 cm³/mol. The molecule has 1 aliphatic heterocycles. The Morgan fingerprint density at radius 2 is 1.92 bits per heavy atom. The number of amides is 1. The molecule has 0 saturated carbocycles. The first kappa shape index (κ1) is 15.4. The molecule has 0 aliphatic carbocycles. The van der Waals surface area contributed by atoms with Gasteiger partial charge in [-0.1, -0.05) is 18.2 Å². The Balaban J connectivity index is 1.79. The lowest BCUT2D eigenvalue weighted by Gasteiger charge is -2.26. The summed E-state index contributed by atoms with van der Waals surface area (Å²) in [5.74, 6) is 0.114. The number of H-pyrrole nitrogens is 1. The van der Waals surface area contributed by atoms with E-state index in [1.165, 1.54) is 5.56 Å². The second kappa shape index (κ2) is 6.43. The number of para-hydroxylation sites is 1. The molecule has 0 spiro atoms. The molecule has 126 valence electrons. The van der Waals surface area contributed by atoms with Crippen LogP contribution in [0, 0.1) is 0 Å². The van der Waals surface area contributed by atoms with E-state index in [0.717, 1.165) is 41.3 Å². The van der Waals surface area contributed by atoms with E-state index >= 15 is 0 Å². The molecule has 5 nitrogen and oxygen atoms in total. The van der Waals surface area contributed by atoms with Crippen molar-refractivity contribution in [2.24, 2.45) is 0 Å². The van der Waals surface area contributed by atoms with Gasteiger partial charge in [-0.3, -0.25) is 9.78 Å². The smallest absolute Gasteiger partial charge is 0.219 e. The van der Waals surface area contributed by atoms with Crippen molar-refractivity contribution in [1.29, 1.82) is 0 Å². The van der Waals surface area contributed by atoms with Gasteiger partial charge in [-0.15, -0.1) is 0 Å². The summed E-state index contributed by atoms with van der Waals surface area (Å²) in [5.41, 5.74) is 6.63. The van der Waals surface area contributed by atoms with Crippen LogP contribution in [0.2, 0.25) is 0 Å². The summed E-state index contributed by atoms with van der Waals surface area (Å²) >= 11 is 0. The Morgan fingerprint density at radius 1 is 1.16 bits per heavy atom. The molecule has 3 heterocycles. The fraction of sp³-hybridized carbons (Fsp3) is 0.200. The highest BCUT2D eigenvalue weighted by Gasteiger charge is 2.25. The zero-order chi connectivity index (χ0) is 17.2. The van der Waals surface area contributed by atoms with Gasteiger partial charge in [-0.2, -0.15) is 0 Å². The number of aromatic nitrogens is 2. The summed E-state index contributed by atoms with van der Waals surface area (Å²) in [6.45, 7) is 3.00. The monoisotopic (exact) mass is 332 g/mol. The molecular weight excluding hydrogens is 312 g/mol. The first-order chi connectivity index (χ1) is 12.2. The lowest BCUT2D eigenvalue weighted by atomic mass is 10.0. The number of fused-ring (bicyclic) bond motifs is 1. The van der Waals surface area contributed by atoms with Gasteiger partial charge in [0, 0.05) is 48.4 Å². The minimum absolute atomic E-state index is 0.114. The van der Waals surface area contributed by atoms with Gasteiger partial charge in [0.15, 0.2) is 0 Å². The molecule has 0 fully saturated rings. The van der Waals surface area contributed by atoms with Crippen LogP contribution in [0.4, 0.5) is 11.4 Å². The van der Waals surface area contributed by atoms with E-state index in [1.807, 2.05) is 35.2 Å². The molecule has 0 atom stereocenters. The van der Waals surface area contributed by atoms with Crippen LogP contribution in [0.1, 0.15) is 18.2 Å². The highest BCUT2D eigenvalue weighted by atomic mass is 16.2. The number of nitrogens with one attached hydrogen (secondary N) is 2.